The molecule has 0 atom stereocenters. The number of carbonyl (C=O) groups excluding carboxylic acids is 1. The highest BCUT2D eigenvalue weighted by Gasteiger charge is 2.12. The second kappa shape index (κ2) is 5.91. The van der Waals surface area contributed by atoms with Crippen LogP contribution in [0.25, 0.3) is 0 Å². The van der Waals surface area contributed by atoms with E-state index in [4.69, 9.17) is 28.9 Å². The number of amides is 1. The summed E-state index contributed by atoms with van der Waals surface area (Å²) >= 11 is 11.9. The lowest BCUT2D eigenvalue weighted by Crippen LogP contribution is -2.23. The van der Waals surface area contributed by atoms with Gasteiger partial charge in [0.2, 0.25) is 0 Å². The summed E-state index contributed by atoms with van der Waals surface area (Å²) in [6, 6.07) is 8.76. The number of nitrogens with zero attached hydrogens (tertiary/aromatic N) is 1. The molecule has 1 heterocycles. The molecular weight excluding hydrogens is 285 g/mol. The van der Waals surface area contributed by atoms with Crippen molar-refractivity contribution in [2.24, 2.45) is 0 Å². The molecule has 98 valence electrons. The molecule has 0 radical (unpaired) electrons. The smallest absolute Gasteiger partial charge is 0.254 e. The maximum Gasteiger partial charge on any atom is 0.254 e. The van der Waals surface area contributed by atoms with Crippen molar-refractivity contribution in [1.82, 2.24) is 10.3 Å². The molecular formula is C13H11Cl2N3O. The van der Waals surface area contributed by atoms with Gasteiger partial charge in [-0.05, 0) is 17.7 Å². The summed E-state index contributed by atoms with van der Waals surface area (Å²) in [5.41, 5.74) is 7.02. The highest BCUT2D eigenvalue weighted by Crippen LogP contribution is 2.17. The summed E-state index contributed by atoms with van der Waals surface area (Å²) in [6.45, 7) is 0.309. The van der Waals surface area contributed by atoms with Gasteiger partial charge in [0, 0.05) is 11.6 Å². The Hall–Kier alpha value is -1.78. The summed E-state index contributed by atoms with van der Waals surface area (Å²) in [5, 5.41) is 3.43. The van der Waals surface area contributed by atoms with Gasteiger partial charge in [0.1, 0.15) is 5.15 Å². The van der Waals surface area contributed by atoms with E-state index in [9.17, 15) is 4.79 Å². The fourth-order valence-corrected chi connectivity index (χ4v) is 1.93. The van der Waals surface area contributed by atoms with Gasteiger partial charge in [0.15, 0.2) is 0 Å². The summed E-state index contributed by atoms with van der Waals surface area (Å²) in [5.74, 6) is -0.343. The molecule has 6 heteroatoms. The molecule has 2 aromatic rings. The second-order valence-corrected chi connectivity index (χ2v) is 4.65. The van der Waals surface area contributed by atoms with Gasteiger partial charge in [0.05, 0.1) is 17.4 Å². The molecule has 2 rings (SSSR count). The third kappa shape index (κ3) is 3.36. The first-order chi connectivity index (χ1) is 9.08. The van der Waals surface area contributed by atoms with Gasteiger partial charge in [-0.3, -0.25) is 4.79 Å². The lowest BCUT2D eigenvalue weighted by atomic mass is 10.2. The molecule has 4 nitrogen and oxygen atoms in total. The van der Waals surface area contributed by atoms with Crippen LogP contribution < -0.4 is 11.1 Å². The van der Waals surface area contributed by atoms with Gasteiger partial charge in [-0.15, -0.1) is 0 Å². The minimum absolute atomic E-state index is 0.117. The molecule has 0 spiro atoms. The van der Waals surface area contributed by atoms with E-state index in [1.165, 1.54) is 12.3 Å². The number of benzene rings is 1. The number of rotatable bonds is 3. The standard InChI is InChI=1S/C13H11Cl2N3O/c14-11-4-2-1-3-8(11)6-18-13(19)10-5-9(16)7-17-12(10)15/h1-5,7H,6,16H2,(H,18,19). The summed E-state index contributed by atoms with van der Waals surface area (Å²) < 4.78 is 0. The van der Waals surface area contributed by atoms with Gasteiger partial charge in [-0.25, -0.2) is 4.98 Å². The van der Waals surface area contributed by atoms with Gasteiger partial charge in [0.25, 0.3) is 5.91 Å². The van der Waals surface area contributed by atoms with Crippen molar-refractivity contribution in [3.63, 3.8) is 0 Å². The Kier molecular flexibility index (Phi) is 4.24. The lowest BCUT2D eigenvalue weighted by Gasteiger charge is -2.08. The van der Waals surface area contributed by atoms with Crippen LogP contribution in [0.1, 0.15) is 15.9 Å². The van der Waals surface area contributed by atoms with Crippen molar-refractivity contribution in [2.75, 3.05) is 5.73 Å². The number of carbonyl (C=O) groups is 1. The number of aromatic nitrogens is 1. The van der Waals surface area contributed by atoms with Gasteiger partial charge in [-0.1, -0.05) is 41.4 Å². The molecule has 0 saturated heterocycles. The maximum atomic E-state index is 12.0. The molecule has 3 N–H and O–H groups in total. The van der Waals surface area contributed by atoms with E-state index in [-0.39, 0.29) is 16.6 Å². The van der Waals surface area contributed by atoms with Crippen LogP contribution in [0.5, 0.6) is 0 Å². The van der Waals surface area contributed by atoms with Crippen molar-refractivity contribution in [1.29, 1.82) is 0 Å². The van der Waals surface area contributed by atoms with Crippen LogP contribution in [0, 0.1) is 0 Å². The summed E-state index contributed by atoms with van der Waals surface area (Å²) in [4.78, 5) is 15.8. The largest absolute Gasteiger partial charge is 0.397 e. The van der Waals surface area contributed by atoms with Crippen molar-refractivity contribution in [2.45, 2.75) is 6.54 Å². The highest BCUT2D eigenvalue weighted by molar-refractivity contribution is 6.32. The lowest BCUT2D eigenvalue weighted by molar-refractivity contribution is 0.0951. The van der Waals surface area contributed by atoms with E-state index < -0.39 is 0 Å². The topological polar surface area (TPSA) is 68.0 Å². The van der Waals surface area contributed by atoms with Gasteiger partial charge >= 0.3 is 0 Å². The third-order valence-corrected chi connectivity index (χ3v) is 3.17. The van der Waals surface area contributed by atoms with Crippen LogP contribution in [0.2, 0.25) is 10.2 Å². The molecule has 0 saturated carbocycles. The molecule has 0 unspecified atom stereocenters. The SMILES string of the molecule is Nc1cnc(Cl)c(C(=O)NCc2ccccc2Cl)c1. The fourth-order valence-electron chi connectivity index (χ4n) is 1.54. The zero-order valence-electron chi connectivity index (χ0n) is 9.86. The van der Waals surface area contributed by atoms with E-state index in [1.807, 2.05) is 18.2 Å². The Labute approximate surface area is 120 Å². The first-order valence-electron chi connectivity index (χ1n) is 5.50. The van der Waals surface area contributed by atoms with Crippen molar-refractivity contribution in [3.05, 3.63) is 57.8 Å². The van der Waals surface area contributed by atoms with E-state index in [2.05, 4.69) is 10.3 Å². The fraction of sp³-hybridized carbons (Fsp3) is 0.0769. The van der Waals surface area contributed by atoms with Gasteiger partial charge < -0.3 is 11.1 Å². The second-order valence-electron chi connectivity index (χ2n) is 3.88. The molecule has 0 fully saturated rings. The number of nitrogens with one attached hydrogen (secondary N) is 1. The number of pyridine rings is 1. The number of hydrogen-bond donors (Lipinski definition) is 2. The average molecular weight is 296 g/mol. The Morgan fingerprint density at radius 1 is 1.32 bits per heavy atom. The predicted octanol–water partition coefficient (Wildman–Crippen LogP) is 2.90. The molecule has 1 amide bonds. The summed E-state index contributed by atoms with van der Waals surface area (Å²) in [6.07, 6.45) is 1.40. The molecule has 0 aliphatic carbocycles. The van der Waals surface area contributed by atoms with Crippen LogP contribution in [0.4, 0.5) is 5.69 Å². The zero-order valence-corrected chi connectivity index (χ0v) is 11.4. The van der Waals surface area contributed by atoms with Crippen LogP contribution in [-0.4, -0.2) is 10.9 Å². The Bertz CT molecular complexity index is 617. The normalized spacial score (nSPS) is 10.2. The third-order valence-electron chi connectivity index (χ3n) is 2.50. The van der Waals surface area contributed by atoms with Crippen molar-refractivity contribution >= 4 is 34.8 Å². The maximum absolute atomic E-state index is 12.0. The molecule has 1 aromatic heterocycles. The zero-order chi connectivity index (χ0) is 13.8. The Morgan fingerprint density at radius 2 is 2.05 bits per heavy atom. The monoisotopic (exact) mass is 295 g/mol. The van der Waals surface area contributed by atoms with Crippen LogP contribution >= 0.6 is 23.2 Å². The molecule has 0 aliphatic rings. The quantitative estimate of drug-likeness (QED) is 0.856. The number of hydrogen-bond acceptors (Lipinski definition) is 3. The van der Waals surface area contributed by atoms with Crippen molar-refractivity contribution < 1.29 is 4.79 Å². The first-order valence-corrected chi connectivity index (χ1v) is 6.26. The Morgan fingerprint density at radius 3 is 2.79 bits per heavy atom. The van der Waals surface area contributed by atoms with E-state index >= 15 is 0 Å². The minimum Gasteiger partial charge on any atom is -0.397 e. The number of halogens is 2. The Balaban J connectivity index is 2.10. The van der Waals surface area contributed by atoms with Crippen molar-refractivity contribution in [3.8, 4) is 0 Å². The van der Waals surface area contributed by atoms with E-state index in [0.717, 1.165) is 5.56 Å². The van der Waals surface area contributed by atoms with E-state index in [1.54, 1.807) is 6.07 Å². The molecule has 1 aromatic carbocycles. The molecule has 19 heavy (non-hydrogen) atoms. The van der Waals surface area contributed by atoms with Crippen LogP contribution in [0.15, 0.2) is 36.5 Å². The minimum atomic E-state index is -0.343. The first kappa shape index (κ1) is 13.6. The average Bonchev–Trinajstić information content (AvgIpc) is 2.40. The van der Waals surface area contributed by atoms with Gasteiger partial charge in [-0.2, -0.15) is 0 Å². The highest BCUT2D eigenvalue weighted by atomic mass is 35.5. The predicted molar refractivity (Wildman–Crippen MR) is 76.3 cm³/mol. The van der Waals surface area contributed by atoms with Crippen LogP contribution in [0.3, 0.4) is 0 Å². The number of nitrogens with two attached hydrogens (primary N) is 1. The summed E-state index contributed by atoms with van der Waals surface area (Å²) in [7, 11) is 0. The van der Waals surface area contributed by atoms with Crippen LogP contribution in [-0.2, 0) is 6.54 Å². The molecule has 0 bridgehead atoms. The van der Waals surface area contributed by atoms with E-state index in [0.29, 0.717) is 17.3 Å². The number of anilines is 1. The molecule has 0 aliphatic heterocycles. The number of nitrogen functional groups attached to an aromatic ring is 1.